The van der Waals surface area contributed by atoms with E-state index in [0.29, 0.717) is 24.3 Å². The number of sulfonamides is 1. The second-order valence-electron chi connectivity index (χ2n) is 7.04. The molecular weight excluding hydrogens is 398 g/mol. The van der Waals surface area contributed by atoms with Crippen LogP contribution in [0.2, 0.25) is 0 Å². The lowest BCUT2D eigenvalue weighted by molar-refractivity contribution is -0.0000188. The third-order valence-corrected chi connectivity index (χ3v) is 6.22. The van der Waals surface area contributed by atoms with E-state index in [9.17, 15) is 13.2 Å². The van der Waals surface area contributed by atoms with Crippen LogP contribution in [-0.2, 0) is 10.0 Å². The number of nitrogens with zero attached hydrogens (tertiary/aromatic N) is 2. The van der Waals surface area contributed by atoms with Gasteiger partial charge in [0.1, 0.15) is 0 Å². The van der Waals surface area contributed by atoms with Crippen molar-refractivity contribution in [2.45, 2.75) is 18.7 Å². The summed E-state index contributed by atoms with van der Waals surface area (Å²) in [6.45, 7) is 6.69. The highest BCUT2D eigenvalue weighted by Crippen LogP contribution is 2.21. The number of nitrogens with one attached hydrogen (secondary N) is 1. The summed E-state index contributed by atoms with van der Waals surface area (Å²) in [5, 5.41) is 0. The number of carbonyl (C=O) groups is 1. The zero-order valence-corrected chi connectivity index (χ0v) is 17.8. The maximum Gasteiger partial charge on any atom is 0.261 e. The first kappa shape index (κ1) is 22.2. The van der Waals surface area contributed by atoms with Gasteiger partial charge in [0.2, 0.25) is 0 Å². The summed E-state index contributed by atoms with van der Waals surface area (Å²) < 4.78 is 28.1. The van der Waals surface area contributed by atoms with Gasteiger partial charge in [-0.25, -0.2) is 8.42 Å². The average molecular weight is 423 g/mol. The van der Waals surface area contributed by atoms with Crippen LogP contribution in [0.25, 0.3) is 0 Å². The molecule has 0 saturated carbocycles. The number of likely N-dealkylation sites (N-methyl/N-ethyl adjacent to an activating group) is 1. The minimum Gasteiger partial charge on any atom is -1.00 e. The standard InChI is InChI=1S/C20H25N3O3S.ClH/c1-15-4-7-17(8-5-15)21-27(25,26)18-9-6-16(2)19(14-18)20(24)23-12-10-22(3)11-13-23;/h4-9,14,21H,10-13H2,1-3H3;1H/p-1. The van der Waals surface area contributed by atoms with Gasteiger partial charge in [-0.1, -0.05) is 23.8 Å². The monoisotopic (exact) mass is 422 g/mol. The van der Waals surface area contributed by atoms with Gasteiger partial charge in [0.25, 0.3) is 15.9 Å². The van der Waals surface area contributed by atoms with E-state index in [-0.39, 0.29) is 23.2 Å². The Hall–Kier alpha value is -2.09. The molecule has 1 fully saturated rings. The van der Waals surface area contributed by atoms with Crippen molar-refractivity contribution < 1.29 is 25.6 Å². The Kier molecular flexibility index (Phi) is 7.09. The third-order valence-electron chi connectivity index (χ3n) is 4.84. The van der Waals surface area contributed by atoms with Crippen LogP contribution < -0.4 is 17.1 Å². The van der Waals surface area contributed by atoms with Crippen molar-refractivity contribution in [3.05, 3.63) is 59.2 Å². The summed E-state index contributed by atoms with van der Waals surface area (Å²) in [5.74, 6) is -0.118. The van der Waals surface area contributed by atoms with E-state index < -0.39 is 10.0 Å². The quantitative estimate of drug-likeness (QED) is 0.721. The lowest BCUT2D eigenvalue weighted by Gasteiger charge is -2.32. The molecule has 0 bridgehead atoms. The molecule has 8 heteroatoms. The van der Waals surface area contributed by atoms with E-state index in [1.165, 1.54) is 12.1 Å². The zero-order valence-electron chi connectivity index (χ0n) is 16.3. The molecule has 0 unspecified atom stereocenters. The molecular formula is C20H25ClN3O3S-. The molecule has 2 aromatic rings. The van der Waals surface area contributed by atoms with Crippen molar-refractivity contribution in [1.29, 1.82) is 0 Å². The molecule has 1 aliphatic heterocycles. The molecule has 2 aromatic carbocycles. The summed E-state index contributed by atoms with van der Waals surface area (Å²) in [7, 11) is -1.74. The zero-order chi connectivity index (χ0) is 19.6. The Labute approximate surface area is 173 Å². The Morgan fingerprint density at radius 3 is 2.18 bits per heavy atom. The van der Waals surface area contributed by atoms with E-state index in [2.05, 4.69) is 9.62 Å². The van der Waals surface area contributed by atoms with Crippen molar-refractivity contribution >= 4 is 21.6 Å². The molecule has 1 heterocycles. The van der Waals surface area contributed by atoms with Gasteiger partial charge in [0, 0.05) is 37.4 Å². The van der Waals surface area contributed by atoms with Crippen molar-refractivity contribution in [2.24, 2.45) is 0 Å². The predicted molar refractivity (Wildman–Crippen MR) is 107 cm³/mol. The highest BCUT2D eigenvalue weighted by atomic mass is 35.5. The van der Waals surface area contributed by atoms with Crippen LogP contribution >= 0.6 is 0 Å². The summed E-state index contributed by atoms with van der Waals surface area (Å²) in [6.07, 6.45) is 0. The number of piperazine rings is 1. The van der Waals surface area contributed by atoms with E-state index in [4.69, 9.17) is 0 Å². The molecule has 1 saturated heterocycles. The lowest BCUT2D eigenvalue weighted by Crippen LogP contribution is -3.00. The van der Waals surface area contributed by atoms with E-state index >= 15 is 0 Å². The number of amides is 1. The van der Waals surface area contributed by atoms with Crippen LogP contribution in [0.5, 0.6) is 0 Å². The van der Waals surface area contributed by atoms with E-state index in [1.54, 1.807) is 23.1 Å². The fourth-order valence-electron chi connectivity index (χ4n) is 3.01. The minimum atomic E-state index is -3.77. The number of benzene rings is 2. The maximum atomic E-state index is 12.9. The van der Waals surface area contributed by atoms with Crippen LogP contribution in [-0.4, -0.2) is 57.4 Å². The van der Waals surface area contributed by atoms with Gasteiger partial charge in [0.15, 0.2) is 0 Å². The van der Waals surface area contributed by atoms with Crippen LogP contribution in [0.15, 0.2) is 47.4 Å². The second-order valence-corrected chi connectivity index (χ2v) is 8.73. The maximum absolute atomic E-state index is 12.9. The molecule has 28 heavy (non-hydrogen) atoms. The first-order valence-electron chi connectivity index (χ1n) is 8.94. The fourth-order valence-corrected chi connectivity index (χ4v) is 4.10. The molecule has 6 nitrogen and oxygen atoms in total. The van der Waals surface area contributed by atoms with Crippen LogP contribution in [0.3, 0.4) is 0 Å². The Morgan fingerprint density at radius 1 is 0.964 bits per heavy atom. The topological polar surface area (TPSA) is 69.7 Å². The van der Waals surface area contributed by atoms with E-state index in [0.717, 1.165) is 24.2 Å². The van der Waals surface area contributed by atoms with Gasteiger partial charge < -0.3 is 22.2 Å². The summed E-state index contributed by atoms with van der Waals surface area (Å²) in [6, 6.07) is 11.8. The number of halogens is 1. The van der Waals surface area contributed by atoms with Gasteiger partial charge in [-0.2, -0.15) is 0 Å². The van der Waals surface area contributed by atoms with Gasteiger partial charge in [-0.3, -0.25) is 9.52 Å². The SMILES string of the molecule is Cc1ccc(NS(=O)(=O)c2ccc(C)c(C(=O)N3CCN(C)CC3)c2)cc1.[Cl-]. The van der Waals surface area contributed by atoms with Crippen molar-refractivity contribution in [3.8, 4) is 0 Å². The average Bonchev–Trinajstić information content (AvgIpc) is 2.64. The molecule has 1 N–H and O–H groups in total. The normalized spacial score (nSPS) is 15.0. The predicted octanol–water partition coefficient (Wildman–Crippen LogP) is -0.504. The molecule has 0 atom stereocenters. The second kappa shape index (κ2) is 8.94. The number of aryl methyl sites for hydroxylation is 2. The smallest absolute Gasteiger partial charge is 0.261 e. The van der Waals surface area contributed by atoms with Gasteiger partial charge in [-0.15, -0.1) is 0 Å². The molecule has 152 valence electrons. The van der Waals surface area contributed by atoms with Gasteiger partial charge in [0.05, 0.1) is 4.90 Å². The number of carbonyl (C=O) groups excluding carboxylic acids is 1. The fraction of sp³-hybridized carbons (Fsp3) is 0.350. The Bertz CT molecular complexity index is 938. The molecule has 1 aliphatic rings. The Balaban J connectivity index is 0.00000280. The highest BCUT2D eigenvalue weighted by Gasteiger charge is 2.24. The number of rotatable bonds is 4. The first-order valence-corrected chi connectivity index (χ1v) is 10.4. The largest absolute Gasteiger partial charge is 1.00 e. The molecule has 3 rings (SSSR count). The number of hydrogen-bond acceptors (Lipinski definition) is 4. The Morgan fingerprint density at radius 2 is 1.57 bits per heavy atom. The minimum absolute atomic E-state index is 0. The summed E-state index contributed by atoms with van der Waals surface area (Å²) in [5.41, 5.74) is 2.75. The molecule has 0 aromatic heterocycles. The van der Waals surface area contributed by atoms with Crippen molar-refractivity contribution in [3.63, 3.8) is 0 Å². The molecule has 0 spiro atoms. The van der Waals surface area contributed by atoms with Gasteiger partial charge in [-0.05, 0) is 50.7 Å². The van der Waals surface area contributed by atoms with Gasteiger partial charge >= 0.3 is 0 Å². The highest BCUT2D eigenvalue weighted by molar-refractivity contribution is 7.92. The third kappa shape index (κ3) is 5.04. The summed E-state index contributed by atoms with van der Waals surface area (Å²) >= 11 is 0. The van der Waals surface area contributed by atoms with Crippen LogP contribution in [0, 0.1) is 13.8 Å². The number of hydrogen-bond donors (Lipinski definition) is 1. The molecule has 0 aliphatic carbocycles. The first-order chi connectivity index (χ1) is 12.8. The van der Waals surface area contributed by atoms with Crippen molar-refractivity contribution in [2.75, 3.05) is 37.9 Å². The van der Waals surface area contributed by atoms with Crippen LogP contribution in [0.1, 0.15) is 21.5 Å². The molecule has 1 amide bonds. The lowest BCUT2D eigenvalue weighted by atomic mass is 10.1. The molecule has 0 radical (unpaired) electrons. The van der Waals surface area contributed by atoms with E-state index in [1.807, 2.05) is 33.0 Å². The number of anilines is 1. The summed E-state index contributed by atoms with van der Waals surface area (Å²) in [4.78, 5) is 16.9. The van der Waals surface area contributed by atoms with Crippen LogP contribution in [0.4, 0.5) is 5.69 Å². The van der Waals surface area contributed by atoms with Crippen molar-refractivity contribution in [1.82, 2.24) is 9.80 Å².